The van der Waals surface area contributed by atoms with Gasteiger partial charge >= 0.3 is 0 Å². The van der Waals surface area contributed by atoms with Gasteiger partial charge in [0.05, 0.1) is 5.56 Å². The van der Waals surface area contributed by atoms with Crippen molar-refractivity contribution in [3.05, 3.63) is 28.0 Å². The summed E-state index contributed by atoms with van der Waals surface area (Å²) in [5.41, 5.74) is 5.56. The van der Waals surface area contributed by atoms with Gasteiger partial charge in [0.2, 0.25) is 0 Å². The largest absolute Gasteiger partial charge is 0.337 e. The second kappa shape index (κ2) is 7.25. The third-order valence-corrected chi connectivity index (χ3v) is 4.93. The van der Waals surface area contributed by atoms with Crippen LogP contribution in [0.4, 0.5) is 4.39 Å². The van der Waals surface area contributed by atoms with E-state index in [1.54, 1.807) is 0 Å². The average Bonchev–Trinajstić information content (AvgIpc) is 2.39. The molecule has 0 spiro atoms. The Morgan fingerprint density at radius 2 is 2.09 bits per heavy atom. The summed E-state index contributed by atoms with van der Waals surface area (Å²) in [5, 5.41) is 0. The molecule has 1 aliphatic rings. The summed E-state index contributed by atoms with van der Waals surface area (Å²) in [4.78, 5) is 13.4. The van der Waals surface area contributed by atoms with Gasteiger partial charge in [0.25, 0.3) is 5.91 Å². The van der Waals surface area contributed by atoms with Crippen molar-refractivity contribution in [1.82, 2.24) is 4.90 Å². The molecular weight excluding hydrogens is 399 g/mol. The third kappa shape index (κ3) is 4.18. The Bertz CT molecular complexity index is 684. The maximum Gasteiger partial charge on any atom is 0.256 e. The SMILES string of the molecule is CS(=O)(=O)c1cc(Br)cc(C(=O)N2CCCC(N)C2)c1F.Cl. The van der Waals surface area contributed by atoms with Crippen LogP contribution in [0.15, 0.2) is 21.5 Å². The molecular formula is C13H17BrClFN2O3S. The van der Waals surface area contributed by atoms with Gasteiger partial charge in [0.1, 0.15) is 4.90 Å². The van der Waals surface area contributed by atoms with Gasteiger partial charge < -0.3 is 10.6 Å². The van der Waals surface area contributed by atoms with E-state index in [-0.39, 0.29) is 24.0 Å². The normalized spacial score (nSPS) is 18.7. The fraction of sp³-hybridized carbons (Fsp3) is 0.462. The van der Waals surface area contributed by atoms with Gasteiger partial charge in [-0.3, -0.25) is 4.79 Å². The average molecular weight is 416 g/mol. The van der Waals surface area contributed by atoms with Crippen LogP contribution in [0.25, 0.3) is 0 Å². The first kappa shape index (κ1) is 19.3. The number of benzene rings is 1. The molecule has 0 aromatic heterocycles. The van der Waals surface area contributed by atoms with Crippen molar-refractivity contribution < 1.29 is 17.6 Å². The van der Waals surface area contributed by atoms with E-state index in [1.807, 2.05) is 0 Å². The van der Waals surface area contributed by atoms with Gasteiger partial charge in [-0.05, 0) is 25.0 Å². The first-order chi connectivity index (χ1) is 9.70. The predicted octanol–water partition coefficient (Wildman–Crippen LogP) is 1.98. The van der Waals surface area contributed by atoms with E-state index in [2.05, 4.69) is 15.9 Å². The van der Waals surface area contributed by atoms with Crippen LogP contribution >= 0.6 is 28.3 Å². The number of piperidine rings is 1. The van der Waals surface area contributed by atoms with E-state index in [0.29, 0.717) is 17.6 Å². The van der Waals surface area contributed by atoms with Crippen molar-refractivity contribution in [3.8, 4) is 0 Å². The number of rotatable bonds is 2. The molecule has 0 saturated carbocycles. The zero-order chi connectivity index (χ0) is 15.8. The minimum absolute atomic E-state index is 0. The molecule has 9 heteroatoms. The van der Waals surface area contributed by atoms with Crippen molar-refractivity contribution in [2.75, 3.05) is 19.3 Å². The summed E-state index contributed by atoms with van der Waals surface area (Å²) in [6.45, 7) is 0.839. The van der Waals surface area contributed by atoms with E-state index in [0.717, 1.165) is 25.2 Å². The number of likely N-dealkylation sites (tertiary alicyclic amines) is 1. The summed E-state index contributed by atoms with van der Waals surface area (Å²) in [6.07, 6.45) is 2.48. The molecule has 1 heterocycles. The molecule has 0 radical (unpaired) electrons. The number of amides is 1. The summed E-state index contributed by atoms with van der Waals surface area (Å²) in [7, 11) is -3.75. The first-order valence-corrected chi connectivity index (χ1v) is 9.12. The molecule has 0 aliphatic carbocycles. The molecule has 22 heavy (non-hydrogen) atoms. The molecule has 2 rings (SSSR count). The summed E-state index contributed by atoms with van der Waals surface area (Å²) in [5.74, 6) is -1.54. The molecule has 1 aromatic carbocycles. The Balaban J connectivity index is 0.00000242. The zero-order valence-electron chi connectivity index (χ0n) is 11.9. The van der Waals surface area contributed by atoms with Gasteiger partial charge in [-0.15, -0.1) is 12.4 Å². The zero-order valence-corrected chi connectivity index (χ0v) is 15.1. The Kier molecular flexibility index (Phi) is 6.37. The van der Waals surface area contributed by atoms with Gasteiger partial charge in [-0.25, -0.2) is 12.8 Å². The Morgan fingerprint density at radius 3 is 2.64 bits per heavy atom. The minimum atomic E-state index is -3.75. The molecule has 1 unspecified atom stereocenters. The highest BCUT2D eigenvalue weighted by Crippen LogP contribution is 2.26. The van der Waals surface area contributed by atoms with E-state index in [4.69, 9.17) is 5.73 Å². The second-order valence-corrected chi connectivity index (χ2v) is 8.09. The van der Waals surface area contributed by atoms with Crippen LogP contribution in [-0.4, -0.2) is 44.6 Å². The molecule has 5 nitrogen and oxygen atoms in total. The van der Waals surface area contributed by atoms with Crippen molar-refractivity contribution in [1.29, 1.82) is 0 Å². The number of nitrogens with two attached hydrogens (primary N) is 1. The Hall–Kier alpha value is -0.700. The van der Waals surface area contributed by atoms with Crippen LogP contribution in [0, 0.1) is 5.82 Å². The molecule has 2 N–H and O–H groups in total. The van der Waals surface area contributed by atoms with Gasteiger partial charge in [-0.1, -0.05) is 15.9 Å². The number of carbonyl (C=O) groups excluding carboxylic acids is 1. The Labute approximate surface area is 143 Å². The number of halogens is 3. The number of nitrogens with zero attached hydrogens (tertiary/aromatic N) is 1. The van der Waals surface area contributed by atoms with Crippen LogP contribution in [0.5, 0.6) is 0 Å². The summed E-state index contributed by atoms with van der Waals surface area (Å²) < 4.78 is 37.9. The molecule has 1 atom stereocenters. The lowest BCUT2D eigenvalue weighted by Crippen LogP contribution is -2.46. The molecule has 0 bridgehead atoms. The van der Waals surface area contributed by atoms with Crippen molar-refractivity contribution >= 4 is 44.1 Å². The molecule has 1 fully saturated rings. The summed E-state index contributed by atoms with van der Waals surface area (Å²) >= 11 is 3.12. The van der Waals surface area contributed by atoms with Crippen LogP contribution in [0.1, 0.15) is 23.2 Å². The number of sulfone groups is 1. The van der Waals surface area contributed by atoms with Crippen molar-refractivity contribution in [2.45, 2.75) is 23.8 Å². The van der Waals surface area contributed by atoms with Crippen LogP contribution in [0.2, 0.25) is 0 Å². The minimum Gasteiger partial charge on any atom is -0.337 e. The van der Waals surface area contributed by atoms with Gasteiger partial charge in [0.15, 0.2) is 15.7 Å². The summed E-state index contributed by atoms with van der Waals surface area (Å²) in [6, 6.07) is 2.32. The number of hydrogen-bond acceptors (Lipinski definition) is 4. The first-order valence-electron chi connectivity index (χ1n) is 6.44. The van der Waals surface area contributed by atoms with E-state index >= 15 is 0 Å². The monoisotopic (exact) mass is 414 g/mol. The maximum atomic E-state index is 14.4. The third-order valence-electron chi connectivity index (χ3n) is 3.38. The Morgan fingerprint density at radius 1 is 1.45 bits per heavy atom. The van der Waals surface area contributed by atoms with Crippen LogP contribution in [0.3, 0.4) is 0 Å². The highest BCUT2D eigenvalue weighted by Gasteiger charge is 2.27. The van der Waals surface area contributed by atoms with Crippen LogP contribution < -0.4 is 5.73 Å². The standard InChI is InChI=1S/C13H16BrFN2O3S.ClH/c1-21(19,20)11-6-8(14)5-10(12(11)15)13(18)17-4-2-3-9(16)7-17;/h5-6,9H,2-4,7,16H2,1H3;1H. The highest BCUT2D eigenvalue weighted by molar-refractivity contribution is 9.10. The van der Waals surface area contributed by atoms with Gasteiger partial charge in [0, 0.05) is 29.9 Å². The molecule has 1 saturated heterocycles. The lowest BCUT2D eigenvalue weighted by molar-refractivity contribution is 0.0703. The number of hydrogen-bond donors (Lipinski definition) is 1. The van der Waals surface area contributed by atoms with Crippen LogP contribution in [-0.2, 0) is 9.84 Å². The van der Waals surface area contributed by atoms with E-state index in [9.17, 15) is 17.6 Å². The number of carbonyl (C=O) groups is 1. The maximum absolute atomic E-state index is 14.4. The van der Waals surface area contributed by atoms with Crippen molar-refractivity contribution in [2.24, 2.45) is 5.73 Å². The molecule has 1 aliphatic heterocycles. The molecule has 1 aromatic rings. The highest BCUT2D eigenvalue weighted by atomic mass is 79.9. The molecule has 124 valence electrons. The quantitative estimate of drug-likeness (QED) is 0.801. The lowest BCUT2D eigenvalue weighted by Gasteiger charge is -2.31. The fourth-order valence-electron chi connectivity index (χ4n) is 2.35. The van der Waals surface area contributed by atoms with E-state index < -0.39 is 26.5 Å². The second-order valence-electron chi connectivity index (χ2n) is 5.19. The topological polar surface area (TPSA) is 80.5 Å². The molecule has 1 amide bonds. The van der Waals surface area contributed by atoms with Gasteiger partial charge in [-0.2, -0.15) is 0 Å². The van der Waals surface area contributed by atoms with Crippen molar-refractivity contribution in [3.63, 3.8) is 0 Å². The lowest BCUT2D eigenvalue weighted by atomic mass is 10.1. The fourth-order valence-corrected chi connectivity index (χ4v) is 3.74. The van der Waals surface area contributed by atoms with E-state index in [1.165, 1.54) is 11.0 Å². The predicted molar refractivity (Wildman–Crippen MR) is 87.6 cm³/mol. The smallest absolute Gasteiger partial charge is 0.256 e.